The predicted molar refractivity (Wildman–Crippen MR) is 74.5 cm³/mol. The van der Waals surface area contributed by atoms with Crippen molar-refractivity contribution in [2.24, 2.45) is 0 Å². The van der Waals surface area contributed by atoms with Gasteiger partial charge in [-0.2, -0.15) is 0 Å². The normalized spacial score (nSPS) is 18.9. The molecule has 0 N–H and O–H groups in total. The minimum atomic E-state index is -0.499. The van der Waals surface area contributed by atoms with Crippen LogP contribution >= 0.6 is 23.2 Å². The Morgan fingerprint density at radius 1 is 1.47 bits per heavy atom. The number of halogens is 2. The van der Waals surface area contributed by atoms with Gasteiger partial charge in [-0.25, -0.2) is 6.08 Å². The molecule has 1 aliphatic rings. The number of allylic oxidation sites excluding steroid dienone is 1. The van der Waals surface area contributed by atoms with Gasteiger partial charge in [-0.1, -0.05) is 37.1 Å². The molecule has 1 unspecified atom stereocenters. The Hall–Kier alpha value is 0.114. The third-order valence-corrected chi connectivity index (χ3v) is 3.59. The summed E-state index contributed by atoms with van der Waals surface area (Å²) in [6, 6.07) is 5.63. The number of carbonyl (C=O) groups is 1. The maximum absolute atomic E-state index is 12.0. The van der Waals surface area contributed by atoms with Crippen LogP contribution in [-0.4, -0.2) is 22.7 Å². The van der Waals surface area contributed by atoms with Crippen LogP contribution in [0.4, 0.5) is 0 Å². The summed E-state index contributed by atoms with van der Waals surface area (Å²) in [4.78, 5) is 13.7. The summed E-state index contributed by atoms with van der Waals surface area (Å²) in [6.07, 6.45) is 3.68. The molecule has 2 rings (SSSR count). The molecule has 0 spiro atoms. The van der Waals surface area contributed by atoms with E-state index in [9.17, 15) is 4.79 Å². The van der Waals surface area contributed by atoms with Gasteiger partial charge in [0.2, 0.25) is 5.91 Å². The number of carbonyl (C=O) groups excluding carboxylic acids is 1. The molecule has 0 aromatic heterocycles. The number of rotatable bonds is 2. The van der Waals surface area contributed by atoms with Gasteiger partial charge in [0.25, 0.3) is 0 Å². The second-order valence-electron chi connectivity index (χ2n) is 4.24. The van der Waals surface area contributed by atoms with Crippen LogP contribution in [0.25, 0.3) is 5.70 Å². The molecule has 1 radical (unpaired) electrons. The number of alkyl halides is 1. The van der Waals surface area contributed by atoms with Gasteiger partial charge in [-0.3, -0.25) is 4.79 Å². The molecule has 99 valence electrons. The Kier molecular flexibility index (Phi) is 6.52. The molecule has 2 nitrogen and oxygen atoms in total. The largest absolute Gasteiger partial charge is 0.346 e. The van der Waals surface area contributed by atoms with Gasteiger partial charge in [0, 0.05) is 44.3 Å². The van der Waals surface area contributed by atoms with E-state index in [0.717, 1.165) is 16.8 Å². The van der Waals surface area contributed by atoms with E-state index >= 15 is 0 Å². The number of aryl methyl sites for hydroxylation is 1. The van der Waals surface area contributed by atoms with Gasteiger partial charge in [0.1, 0.15) is 5.38 Å². The molecule has 1 heterocycles. The van der Waals surface area contributed by atoms with Crippen molar-refractivity contribution in [2.45, 2.75) is 25.6 Å². The van der Waals surface area contributed by atoms with Crippen molar-refractivity contribution in [1.82, 2.24) is 4.90 Å². The minimum absolute atomic E-state index is 0. The Bertz CT molecular complexity index is 516. The predicted octanol–water partition coefficient (Wildman–Crippen LogP) is 3.65. The maximum atomic E-state index is 12.0. The van der Waals surface area contributed by atoms with Crippen LogP contribution in [0, 0.1) is 13.0 Å². The summed E-state index contributed by atoms with van der Waals surface area (Å²) in [6.45, 7) is 4.49. The van der Waals surface area contributed by atoms with Crippen molar-refractivity contribution in [3.8, 4) is 0 Å². The van der Waals surface area contributed by atoms with Crippen LogP contribution in [0.2, 0.25) is 5.02 Å². The second kappa shape index (κ2) is 7.22. The average Bonchev–Trinajstić information content (AvgIpc) is 2.33. The van der Waals surface area contributed by atoms with Crippen LogP contribution in [0.5, 0.6) is 0 Å². The number of amides is 1. The van der Waals surface area contributed by atoms with Crippen LogP contribution < -0.4 is 0 Å². The fraction of sp³-hybridized carbons (Fsp3) is 0.357. The molecule has 0 saturated heterocycles. The Morgan fingerprint density at radius 3 is 2.74 bits per heavy atom. The zero-order chi connectivity index (χ0) is 13.3. The molecule has 0 saturated carbocycles. The second-order valence-corrected chi connectivity index (χ2v) is 5.20. The van der Waals surface area contributed by atoms with E-state index < -0.39 is 5.38 Å². The summed E-state index contributed by atoms with van der Waals surface area (Å²) in [5.74, 6) is -0.0535. The molecule has 19 heavy (non-hydrogen) atoms. The molecule has 5 heteroatoms. The minimum Gasteiger partial charge on any atom is -0.346 e. The van der Waals surface area contributed by atoms with Crippen LogP contribution in [-0.2, 0) is 37.5 Å². The monoisotopic (exact) mass is 371 g/mol. The molecule has 1 aromatic carbocycles. The zero-order valence-corrected chi connectivity index (χ0v) is 15.3. The van der Waals surface area contributed by atoms with Crippen LogP contribution in [0.15, 0.2) is 18.2 Å². The fourth-order valence-electron chi connectivity index (χ4n) is 2.10. The van der Waals surface area contributed by atoms with Gasteiger partial charge in [0.05, 0.1) is 0 Å². The van der Waals surface area contributed by atoms with E-state index in [1.807, 2.05) is 32.0 Å². The summed E-state index contributed by atoms with van der Waals surface area (Å²) in [7, 11) is 0. The topological polar surface area (TPSA) is 20.3 Å². The quantitative estimate of drug-likeness (QED) is 0.574. The van der Waals surface area contributed by atoms with Gasteiger partial charge in [-0.05, 0) is 6.92 Å². The third kappa shape index (κ3) is 3.61. The van der Waals surface area contributed by atoms with Crippen molar-refractivity contribution < 1.29 is 37.5 Å². The van der Waals surface area contributed by atoms with E-state index in [1.54, 1.807) is 4.90 Å². The van der Waals surface area contributed by atoms with E-state index in [0.29, 0.717) is 18.0 Å². The zero-order valence-electron chi connectivity index (χ0n) is 10.9. The molecular formula is C14H14Cl2NOY-. The van der Waals surface area contributed by atoms with Gasteiger partial charge >= 0.3 is 0 Å². The molecule has 1 aromatic rings. The molecular weight excluding hydrogens is 358 g/mol. The van der Waals surface area contributed by atoms with Gasteiger partial charge in [0.15, 0.2) is 0 Å². The van der Waals surface area contributed by atoms with E-state index in [-0.39, 0.29) is 38.6 Å². The molecule has 1 aliphatic heterocycles. The fourth-order valence-corrected chi connectivity index (χ4v) is 2.52. The first-order valence-corrected chi connectivity index (χ1v) is 6.68. The molecule has 1 amide bonds. The number of hydrogen-bond acceptors (Lipinski definition) is 1. The van der Waals surface area contributed by atoms with Gasteiger partial charge in [-0.15, -0.1) is 34.5 Å². The Balaban J connectivity index is 0.00000180. The number of hydrogen-bond donors (Lipinski definition) is 0. The average molecular weight is 372 g/mol. The smallest absolute Gasteiger partial charge is 0.241 e. The standard InChI is InChI=1S/C14H14Cl2NO.Y/c1-3-17-13(7-6-12(16)14(17)18)11-5-4-10(15)8-9(11)2;/h4-5,8,12H,3,6H2,1-2H3;/q-1;. The van der Waals surface area contributed by atoms with Gasteiger partial charge < -0.3 is 4.90 Å². The molecule has 0 bridgehead atoms. The summed E-state index contributed by atoms with van der Waals surface area (Å²) < 4.78 is 0. The van der Waals surface area contributed by atoms with Crippen LogP contribution in [0.1, 0.15) is 24.5 Å². The van der Waals surface area contributed by atoms with Crippen LogP contribution in [0.3, 0.4) is 0 Å². The maximum Gasteiger partial charge on any atom is 0.241 e. The van der Waals surface area contributed by atoms with E-state index in [2.05, 4.69) is 6.08 Å². The summed E-state index contributed by atoms with van der Waals surface area (Å²) in [5, 5.41) is 0.193. The van der Waals surface area contributed by atoms with Crippen molar-refractivity contribution in [2.75, 3.05) is 6.54 Å². The first-order chi connectivity index (χ1) is 8.54. The number of benzene rings is 1. The van der Waals surface area contributed by atoms with Crippen molar-refractivity contribution >= 4 is 34.8 Å². The van der Waals surface area contributed by atoms with Crippen molar-refractivity contribution in [3.05, 3.63) is 40.4 Å². The first-order valence-electron chi connectivity index (χ1n) is 5.87. The molecule has 0 fully saturated rings. The van der Waals surface area contributed by atoms with E-state index in [1.165, 1.54) is 0 Å². The summed E-state index contributed by atoms with van der Waals surface area (Å²) in [5.41, 5.74) is 2.83. The SMILES string of the molecule is CCN1C(=O)C(Cl)C[C-]=C1c1ccc(Cl)cc1C.[Y]. The third-order valence-electron chi connectivity index (χ3n) is 3.01. The molecule has 0 aliphatic carbocycles. The van der Waals surface area contributed by atoms with E-state index in [4.69, 9.17) is 23.2 Å². The first kappa shape index (κ1) is 17.2. The van der Waals surface area contributed by atoms with Crippen molar-refractivity contribution in [1.29, 1.82) is 0 Å². The molecule has 1 atom stereocenters. The number of nitrogens with zero attached hydrogens (tertiary/aromatic N) is 1. The Morgan fingerprint density at radius 2 is 2.16 bits per heavy atom. The van der Waals surface area contributed by atoms with Crippen molar-refractivity contribution in [3.63, 3.8) is 0 Å². The summed E-state index contributed by atoms with van der Waals surface area (Å²) >= 11 is 11.9. The Labute approximate surface area is 149 Å².